The van der Waals surface area contributed by atoms with Gasteiger partial charge in [0.15, 0.2) is 11.2 Å². The molecular weight excluding hydrogens is 244 g/mol. The highest BCUT2D eigenvalue weighted by Crippen LogP contribution is 2.31. The molecule has 2 rings (SSSR count). The largest absolute Gasteiger partial charge is 0.386 e. The zero-order valence-electron chi connectivity index (χ0n) is 11.5. The van der Waals surface area contributed by atoms with Crippen molar-refractivity contribution in [1.29, 1.82) is 0 Å². The summed E-state index contributed by atoms with van der Waals surface area (Å²) in [6.45, 7) is 7.14. The summed E-state index contributed by atoms with van der Waals surface area (Å²) in [6.07, 6.45) is 2.52. The molecule has 0 amide bonds. The normalized spacial score (nSPS) is 13.7. The topological polar surface area (TPSA) is 74.6 Å². The van der Waals surface area contributed by atoms with Crippen LogP contribution in [-0.4, -0.2) is 20.3 Å². The molecule has 1 unspecified atom stereocenters. The average molecular weight is 262 g/mol. The lowest BCUT2D eigenvalue weighted by atomic mass is 9.87. The fraction of sp³-hybridized carbons (Fsp3) is 0.429. The number of carbonyl (C=O) groups excluding carboxylic acids is 1. The van der Waals surface area contributed by atoms with Crippen molar-refractivity contribution >= 4 is 11.4 Å². The smallest absolute Gasteiger partial charge is 0.194 e. The second-order valence-electron chi connectivity index (χ2n) is 5.88. The molecule has 0 saturated carbocycles. The number of nitrogens with one attached hydrogen (secondary N) is 1. The van der Waals surface area contributed by atoms with Crippen LogP contribution in [0.4, 0.5) is 0 Å². The van der Waals surface area contributed by atoms with E-state index in [0.717, 1.165) is 0 Å². The number of rotatable bonds is 2. The molecule has 2 N–H and O–H groups in total. The number of hydrogen-bond donors (Lipinski definition) is 2. The van der Waals surface area contributed by atoms with Crippen molar-refractivity contribution in [2.24, 2.45) is 5.41 Å². The van der Waals surface area contributed by atoms with Crippen molar-refractivity contribution in [3.8, 4) is 0 Å². The Labute approximate surface area is 110 Å². The minimum absolute atomic E-state index is 0.147. The lowest BCUT2D eigenvalue weighted by Crippen LogP contribution is -2.18. The number of aliphatic hydroxyl groups excluding tert-OH is 1. The van der Waals surface area contributed by atoms with E-state index < -0.39 is 6.10 Å². The SMILES string of the molecule is CC(=O)c1cn2cc(C(O)C(C)(C)C)[nH]c2cc1=O. The Kier molecular flexibility index (Phi) is 3.10. The maximum absolute atomic E-state index is 11.7. The molecule has 0 fully saturated rings. The fourth-order valence-electron chi connectivity index (χ4n) is 1.96. The van der Waals surface area contributed by atoms with Crippen LogP contribution >= 0.6 is 0 Å². The number of Topliss-reactive ketones (excluding diaryl/α,β-unsaturated/α-hetero) is 1. The van der Waals surface area contributed by atoms with Crippen LogP contribution in [0.5, 0.6) is 0 Å². The first-order chi connectivity index (χ1) is 8.70. The maximum Gasteiger partial charge on any atom is 0.194 e. The molecule has 0 aromatic carbocycles. The number of fused-ring (bicyclic) bond motifs is 1. The van der Waals surface area contributed by atoms with E-state index in [1.54, 1.807) is 10.6 Å². The predicted octanol–water partition coefficient (Wildman–Crippen LogP) is 1.91. The molecule has 2 aromatic heterocycles. The molecule has 1 atom stereocenters. The summed E-state index contributed by atoms with van der Waals surface area (Å²) in [6, 6.07) is 1.37. The molecule has 0 aliphatic rings. The lowest BCUT2D eigenvalue weighted by Gasteiger charge is -2.24. The van der Waals surface area contributed by atoms with E-state index >= 15 is 0 Å². The Morgan fingerprint density at radius 1 is 1.37 bits per heavy atom. The summed E-state index contributed by atoms with van der Waals surface area (Å²) >= 11 is 0. The number of aromatic amines is 1. The van der Waals surface area contributed by atoms with E-state index in [-0.39, 0.29) is 22.2 Å². The van der Waals surface area contributed by atoms with Gasteiger partial charge in [-0.05, 0) is 12.3 Å². The van der Waals surface area contributed by atoms with E-state index in [1.165, 1.54) is 19.2 Å². The molecule has 0 bridgehead atoms. The third-order valence-corrected chi connectivity index (χ3v) is 3.12. The number of aromatic nitrogens is 2. The van der Waals surface area contributed by atoms with Gasteiger partial charge < -0.3 is 14.5 Å². The highest BCUT2D eigenvalue weighted by molar-refractivity contribution is 5.93. The van der Waals surface area contributed by atoms with Gasteiger partial charge in [0.05, 0.1) is 11.3 Å². The van der Waals surface area contributed by atoms with E-state index in [0.29, 0.717) is 11.3 Å². The van der Waals surface area contributed by atoms with Crippen LogP contribution in [0.1, 0.15) is 49.9 Å². The standard InChI is InChI=1S/C14H18N2O3/c1-8(17)9-6-16-7-10(13(19)14(2,3)4)15-12(16)5-11(9)18/h5-7,13,15,19H,1-4H3. The van der Waals surface area contributed by atoms with Gasteiger partial charge in [0.2, 0.25) is 0 Å². The number of nitrogens with zero attached hydrogens (tertiary/aromatic N) is 1. The van der Waals surface area contributed by atoms with Gasteiger partial charge in [0.25, 0.3) is 0 Å². The second-order valence-corrected chi connectivity index (χ2v) is 5.88. The van der Waals surface area contributed by atoms with Crippen LogP contribution in [-0.2, 0) is 0 Å². The third-order valence-electron chi connectivity index (χ3n) is 3.12. The van der Waals surface area contributed by atoms with Crippen molar-refractivity contribution in [2.45, 2.75) is 33.8 Å². The van der Waals surface area contributed by atoms with Gasteiger partial charge in [-0.25, -0.2) is 0 Å². The highest BCUT2D eigenvalue weighted by Gasteiger charge is 2.25. The Balaban J connectivity index is 2.59. The maximum atomic E-state index is 11.7. The second kappa shape index (κ2) is 4.35. The number of ketones is 1. The number of carbonyl (C=O) groups is 1. The molecule has 0 radical (unpaired) electrons. The summed E-state index contributed by atoms with van der Waals surface area (Å²) in [5.74, 6) is -0.265. The Bertz CT molecular complexity index is 689. The fourth-order valence-corrected chi connectivity index (χ4v) is 1.96. The van der Waals surface area contributed by atoms with Gasteiger partial charge in [-0.2, -0.15) is 0 Å². The molecule has 102 valence electrons. The van der Waals surface area contributed by atoms with Crippen LogP contribution in [0, 0.1) is 5.41 Å². The van der Waals surface area contributed by atoms with Crippen LogP contribution < -0.4 is 5.43 Å². The summed E-state index contributed by atoms with van der Waals surface area (Å²) in [4.78, 5) is 26.1. The van der Waals surface area contributed by atoms with Crippen LogP contribution in [0.3, 0.4) is 0 Å². The number of pyridine rings is 1. The summed E-state index contributed by atoms with van der Waals surface area (Å²) in [5.41, 5.74) is 0.700. The molecule has 5 nitrogen and oxygen atoms in total. The molecule has 0 aliphatic carbocycles. The quantitative estimate of drug-likeness (QED) is 0.812. The Morgan fingerprint density at radius 3 is 2.53 bits per heavy atom. The number of imidazole rings is 1. The molecule has 2 aromatic rings. The van der Waals surface area contributed by atoms with Gasteiger partial charge in [-0.15, -0.1) is 0 Å². The molecular formula is C14H18N2O3. The van der Waals surface area contributed by atoms with Crippen LogP contribution in [0.2, 0.25) is 0 Å². The molecule has 19 heavy (non-hydrogen) atoms. The summed E-state index contributed by atoms with van der Waals surface area (Å²) < 4.78 is 1.66. The molecule has 0 saturated heterocycles. The van der Waals surface area contributed by atoms with Gasteiger partial charge >= 0.3 is 0 Å². The third kappa shape index (κ3) is 2.46. The van der Waals surface area contributed by atoms with Crippen molar-refractivity contribution in [1.82, 2.24) is 9.38 Å². The summed E-state index contributed by atoms with van der Waals surface area (Å²) in [7, 11) is 0. The minimum Gasteiger partial charge on any atom is -0.386 e. The van der Waals surface area contributed by atoms with Crippen molar-refractivity contribution in [3.05, 3.63) is 39.9 Å². The van der Waals surface area contributed by atoms with Crippen LogP contribution in [0.25, 0.3) is 5.65 Å². The van der Waals surface area contributed by atoms with Gasteiger partial charge in [0, 0.05) is 18.5 Å². The number of hydrogen-bond acceptors (Lipinski definition) is 3. The monoisotopic (exact) mass is 262 g/mol. The van der Waals surface area contributed by atoms with Crippen molar-refractivity contribution < 1.29 is 9.90 Å². The molecule has 2 heterocycles. The number of H-pyrrole nitrogens is 1. The minimum atomic E-state index is -0.678. The van der Waals surface area contributed by atoms with E-state index in [1.807, 2.05) is 20.8 Å². The van der Waals surface area contributed by atoms with E-state index in [9.17, 15) is 14.7 Å². The van der Waals surface area contributed by atoms with Gasteiger partial charge in [0.1, 0.15) is 11.8 Å². The number of aliphatic hydroxyl groups is 1. The highest BCUT2D eigenvalue weighted by atomic mass is 16.3. The average Bonchev–Trinajstić information content (AvgIpc) is 2.67. The first-order valence-corrected chi connectivity index (χ1v) is 6.14. The zero-order valence-corrected chi connectivity index (χ0v) is 11.5. The Morgan fingerprint density at radius 2 is 2.00 bits per heavy atom. The first kappa shape index (κ1) is 13.5. The summed E-state index contributed by atoms with van der Waals surface area (Å²) in [5, 5.41) is 10.2. The molecule has 5 heteroatoms. The lowest BCUT2D eigenvalue weighted by molar-refractivity contribution is 0.0594. The molecule has 0 aliphatic heterocycles. The predicted molar refractivity (Wildman–Crippen MR) is 72.4 cm³/mol. The van der Waals surface area contributed by atoms with Crippen LogP contribution in [0.15, 0.2) is 23.3 Å². The van der Waals surface area contributed by atoms with Crippen molar-refractivity contribution in [3.63, 3.8) is 0 Å². The Hall–Kier alpha value is -1.88. The van der Waals surface area contributed by atoms with E-state index in [4.69, 9.17) is 0 Å². The van der Waals surface area contributed by atoms with Gasteiger partial charge in [-0.3, -0.25) is 9.59 Å². The first-order valence-electron chi connectivity index (χ1n) is 6.14. The van der Waals surface area contributed by atoms with Gasteiger partial charge in [-0.1, -0.05) is 20.8 Å². The van der Waals surface area contributed by atoms with E-state index in [2.05, 4.69) is 4.98 Å². The molecule has 0 spiro atoms. The zero-order chi connectivity index (χ0) is 14.4. The van der Waals surface area contributed by atoms with Crippen molar-refractivity contribution in [2.75, 3.05) is 0 Å².